The topological polar surface area (TPSA) is 70.3 Å². The van der Waals surface area contributed by atoms with Crippen LogP contribution in [0.1, 0.15) is 58.8 Å². The Hall–Kier alpha value is -1.08. The van der Waals surface area contributed by atoms with Crippen LogP contribution in [0.3, 0.4) is 0 Å². The van der Waals surface area contributed by atoms with E-state index in [0.717, 1.165) is 51.6 Å². The van der Waals surface area contributed by atoms with Crippen molar-refractivity contribution in [2.24, 2.45) is 11.3 Å². The zero-order chi connectivity index (χ0) is 14.3. The first kappa shape index (κ1) is 16.0. The van der Waals surface area contributed by atoms with Crippen LogP contribution in [0.2, 0.25) is 0 Å². The van der Waals surface area contributed by atoms with Gasteiger partial charge in [0.25, 0.3) is 0 Å². The van der Waals surface area contributed by atoms with Gasteiger partial charge in [0.2, 0.25) is 0 Å². The minimum atomic E-state index is -0.669. The third kappa shape index (κ3) is 6.07. The molecule has 1 N–H and O–H groups in total. The number of carboxylic acids is 1. The van der Waals surface area contributed by atoms with E-state index in [4.69, 9.17) is 15.1 Å². The molecule has 0 atom stereocenters. The quantitative estimate of drug-likeness (QED) is 0.718. The number of carbonyl (C=O) groups is 1. The van der Waals surface area contributed by atoms with Gasteiger partial charge in [-0.3, -0.25) is 4.79 Å². The minimum absolute atomic E-state index is 0.170. The molecule has 19 heavy (non-hydrogen) atoms. The second kappa shape index (κ2) is 7.49. The normalized spacial score (nSPS) is 23.8. The Labute approximate surface area is 115 Å². The van der Waals surface area contributed by atoms with Gasteiger partial charge in [0.05, 0.1) is 23.5 Å². The fourth-order valence-corrected chi connectivity index (χ4v) is 2.45. The number of nitriles is 1. The smallest absolute Gasteiger partial charge is 0.306 e. The van der Waals surface area contributed by atoms with Crippen molar-refractivity contribution in [1.82, 2.24) is 0 Å². The molecule has 0 aromatic carbocycles. The lowest BCUT2D eigenvalue weighted by atomic mass is 9.87. The molecule has 0 saturated heterocycles. The molecule has 0 aromatic heterocycles. The Morgan fingerprint density at radius 3 is 2.47 bits per heavy atom. The summed E-state index contributed by atoms with van der Waals surface area (Å²) in [6.45, 7) is 4.64. The summed E-state index contributed by atoms with van der Waals surface area (Å²) in [5.74, 6) is -0.839. The molecule has 0 radical (unpaired) electrons. The summed E-state index contributed by atoms with van der Waals surface area (Å²) < 4.78 is 5.78. The van der Waals surface area contributed by atoms with Crippen LogP contribution in [0.15, 0.2) is 0 Å². The molecule has 0 spiro atoms. The second-order valence-corrected chi connectivity index (χ2v) is 6.14. The van der Waals surface area contributed by atoms with Crippen molar-refractivity contribution < 1.29 is 14.6 Å². The lowest BCUT2D eigenvalue weighted by Gasteiger charge is -2.26. The molecule has 1 aliphatic rings. The third-order valence-corrected chi connectivity index (χ3v) is 3.88. The van der Waals surface area contributed by atoms with Gasteiger partial charge in [-0.25, -0.2) is 0 Å². The van der Waals surface area contributed by atoms with E-state index in [1.54, 1.807) is 0 Å². The maximum Gasteiger partial charge on any atom is 0.306 e. The third-order valence-electron chi connectivity index (χ3n) is 3.88. The highest BCUT2D eigenvalue weighted by molar-refractivity contribution is 5.70. The lowest BCUT2D eigenvalue weighted by molar-refractivity contribution is -0.143. The van der Waals surface area contributed by atoms with Crippen molar-refractivity contribution in [2.45, 2.75) is 64.9 Å². The predicted molar refractivity (Wildman–Crippen MR) is 72.6 cm³/mol. The van der Waals surface area contributed by atoms with E-state index in [1.807, 2.05) is 13.8 Å². The molecule has 0 aromatic rings. The highest BCUT2D eigenvalue weighted by Gasteiger charge is 2.26. The molecule has 1 rings (SSSR count). The van der Waals surface area contributed by atoms with Crippen molar-refractivity contribution in [1.29, 1.82) is 5.26 Å². The summed E-state index contributed by atoms with van der Waals surface area (Å²) in [5, 5.41) is 17.8. The van der Waals surface area contributed by atoms with Gasteiger partial charge in [0, 0.05) is 6.61 Å². The Balaban J connectivity index is 2.06. The lowest BCUT2D eigenvalue weighted by Crippen LogP contribution is -2.26. The number of aliphatic carboxylic acids is 1. The van der Waals surface area contributed by atoms with Crippen LogP contribution in [0, 0.1) is 22.7 Å². The summed E-state index contributed by atoms with van der Waals surface area (Å²) in [6.07, 6.45) is 6.32. The Morgan fingerprint density at radius 2 is 1.95 bits per heavy atom. The van der Waals surface area contributed by atoms with Gasteiger partial charge >= 0.3 is 5.97 Å². The van der Waals surface area contributed by atoms with Crippen molar-refractivity contribution in [3.8, 4) is 6.07 Å². The Morgan fingerprint density at radius 1 is 1.32 bits per heavy atom. The van der Waals surface area contributed by atoms with Gasteiger partial charge in [-0.05, 0) is 58.8 Å². The molecule has 0 bridgehead atoms. The molecule has 108 valence electrons. The first-order valence-electron chi connectivity index (χ1n) is 7.20. The zero-order valence-electron chi connectivity index (χ0n) is 12.0. The largest absolute Gasteiger partial charge is 0.481 e. The van der Waals surface area contributed by atoms with Crippen molar-refractivity contribution in [3.63, 3.8) is 0 Å². The van der Waals surface area contributed by atoms with E-state index in [1.165, 1.54) is 0 Å². The molecule has 0 heterocycles. The fraction of sp³-hybridized carbons (Fsp3) is 0.867. The molecule has 1 aliphatic carbocycles. The molecular formula is C15H25NO3. The molecule has 0 unspecified atom stereocenters. The molecule has 0 aliphatic heterocycles. The molecule has 0 amide bonds. The Kier molecular flexibility index (Phi) is 6.30. The van der Waals surface area contributed by atoms with Gasteiger partial charge in [0.1, 0.15) is 0 Å². The highest BCUT2D eigenvalue weighted by atomic mass is 16.5. The Bertz CT molecular complexity index is 325. The van der Waals surface area contributed by atoms with Crippen LogP contribution < -0.4 is 0 Å². The predicted octanol–water partition coefficient (Wildman–Crippen LogP) is 3.37. The second-order valence-electron chi connectivity index (χ2n) is 6.14. The van der Waals surface area contributed by atoms with Crippen LogP contribution in [0.5, 0.6) is 0 Å². The molecule has 4 heteroatoms. The number of carboxylic acid groups (broad SMARTS) is 1. The van der Waals surface area contributed by atoms with E-state index in [2.05, 4.69) is 6.07 Å². The van der Waals surface area contributed by atoms with Crippen LogP contribution in [-0.2, 0) is 9.53 Å². The number of rotatable bonds is 7. The SMILES string of the molecule is CC(C)(C#N)CCCCOC1CCC(C(=O)O)CC1. The van der Waals surface area contributed by atoms with E-state index >= 15 is 0 Å². The number of nitrogens with zero attached hydrogens (tertiary/aromatic N) is 1. The van der Waals surface area contributed by atoms with Gasteiger partial charge in [-0.15, -0.1) is 0 Å². The van der Waals surface area contributed by atoms with E-state index in [0.29, 0.717) is 0 Å². The van der Waals surface area contributed by atoms with E-state index in [9.17, 15) is 4.79 Å². The van der Waals surface area contributed by atoms with Gasteiger partial charge in [-0.2, -0.15) is 5.26 Å². The number of hydrogen-bond acceptors (Lipinski definition) is 3. The van der Waals surface area contributed by atoms with Crippen LogP contribution >= 0.6 is 0 Å². The summed E-state index contributed by atoms with van der Waals surface area (Å²) in [4.78, 5) is 10.8. The maximum absolute atomic E-state index is 10.8. The summed E-state index contributed by atoms with van der Waals surface area (Å²) in [5.41, 5.74) is -0.237. The van der Waals surface area contributed by atoms with Crippen molar-refractivity contribution >= 4 is 5.97 Å². The number of ether oxygens (including phenoxy) is 1. The zero-order valence-corrected chi connectivity index (χ0v) is 12.0. The fourth-order valence-electron chi connectivity index (χ4n) is 2.45. The highest BCUT2D eigenvalue weighted by Crippen LogP contribution is 2.27. The molecular weight excluding hydrogens is 242 g/mol. The number of hydrogen-bond donors (Lipinski definition) is 1. The first-order valence-corrected chi connectivity index (χ1v) is 7.20. The van der Waals surface area contributed by atoms with Gasteiger partial charge in [0.15, 0.2) is 0 Å². The van der Waals surface area contributed by atoms with Crippen LogP contribution in [0.4, 0.5) is 0 Å². The monoisotopic (exact) mass is 267 g/mol. The van der Waals surface area contributed by atoms with Crippen molar-refractivity contribution in [3.05, 3.63) is 0 Å². The van der Waals surface area contributed by atoms with Crippen LogP contribution in [0.25, 0.3) is 0 Å². The van der Waals surface area contributed by atoms with E-state index < -0.39 is 5.97 Å². The average molecular weight is 267 g/mol. The van der Waals surface area contributed by atoms with Gasteiger partial charge < -0.3 is 9.84 Å². The van der Waals surface area contributed by atoms with E-state index in [-0.39, 0.29) is 17.4 Å². The van der Waals surface area contributed by atoms with Crippen LogP contribution in [-0.4, -0.2) is 23.8 Å². The summed E-state index contributed by atoms with van der Waals surface area (Å²) in [7, 11) is 0. The first-order chi connectivity index (χ1) is 8.94. The average Bonchev–Trinajstić information content (AvgIpc) is 2.39. The molecule has 1 saturated carbocycles. The summed E-state index contributed by atoms with van der Waals surface area (Å²) >= 11 is 0. The molecule has 4 nitrogen and oxygen atoms in total. The standard InChI is InChI=1S/C15H25NO3/c1-15(2,11-16)9-3-4-10-19-13-7-5-12(6-8-13)14(17)18/h12-13H,3-10H2,1-2H3,(H,17,18). The molecule has 1 fully saturated rings. The van der Waals surface area contributed by atoms with Crippen molar-refractivity contribution in [2.75, 3.05) is 6.61 Å². The number of unbranched alkanes of at least 4 members (excludes halogenated alkanes) is 1. The minimum Gasteiger partial charge on any atom is -0.481 e. The van der Waals surface area contributed by atoms with Gasteiger partial charge in [-0.1, -0.05) is 0 Å². The summed E-state index contributed by atoms with van der Waals surface area (Å²) in [6, 6.07) is 2.30. The maximum atomic E-state index is 10.8.